The van der Waals surface area contributed by atoms with Crippen LogP contribution in [0, 0.1) is 11.8 Å². The van der Waals surface area contributed by atoms with E-state index in [1.165, 1.54) is 25.3 Å². The number of hydrogen-bond acceptors (Lipinski definition) is 8. The Morgan fingerprint density at radius 1 is 1.07 bits per heavy atom. The Morgan fingerprint density at radius 3 is 2.39 bits per heavy atom. The molecule has 240 valence electrons. The molecule has 0 radical (unpaired) electrons. The van der Waals surface area contributed by atoms with Crippen LogP contribution in [0.3, 0.4) is 0 Å². The van der Waals surface area contributed by atoms with Crippen molar-refractivity contribution in [3.63, 3.8) is 0 Å². The molecule has 44 heavy (non-hydrogen) atoms. The van der Waals surface area contributed by atoms with Crippen LogP contribution in [0.15, 0.2) is 47.4 Å². The predicted molar refractivity (Wildman–Crippen MR) is 163 cm³/mol. The molecule has 0 bridgehead atoms. The zero-order chi connectivity index (χ0) is 31.9. The average molecular weight is 638 g/mol. The van der Waals surface area contributed by atoms with E-state index in [-0.39, 0.29) is 48.2 Å². The van der Waals surface area contributed by atoms with Crippen LogP contribution in [0.2, 0.25) is 0 Å². The highest BCUT2D eigenvalue weighted by molar-refractivity contribution is 7.89. The molecule has 1 aliphatic carbocycles. The number of aliphatic hydroxyl groups is 2. The van der Waals surface area contributed by atoms with E-state index in [1.807, 2.05) is 6.07 Å². The number of aromatic nitrogens is 1. The van der Waals surface area contributed by atoms with Crippen LogP contribution in [-0.2, 0) is 16.6 Å². The lowest BCUT2D eigenvalue weighted by atomic mass is 9.89. The molecule has 1 heterocycles. The number of halogens is 3. The summed E-state index contributed by atoms with van der Waals surface area (Å²) >= 11 is 0. The molecule has 1 saturated carbocycles. The molecule has 2 aromatic carbocycles. The summed E-state index contributed by atoms with van der Waals surface area (Å²) in [7, 11) is -2.55. The zero-order valence-corrected chi connectivity index (χ0v) is 25.2. The van der Waals surface area contributed by atoms with Gasteiger partial charge in [0.2, 0.25) is 10.0 Å². The minimum Gasteiger partial charge on any atom is -0.495 e. The molecule has 1 fully saturated rings. The Bertz CT molecular complexity index is 1590. The van der Waals surface area contributed by atoms with E-state index in [0.717, 1.165) is 35.9 Å². The van der Waals surface area contributed by atoms with Gasteiger partial charge in [-0.2, -0.15) is 13.2 Å². The van der Waals surface area contributed by atoms with Crippen molar-refractivity contribution in [3.8, 4) is 17.6 Å². The highest BCUT2D eigenvalue weighted by Crippen LogP contribution is 2.33. The zero-order valence-electron chi connectivity index (χ0n) is 24.4. The molecule has 14 heteroatoms. The standard InChI is InChI=1S/C30H38F3N5O5S/c1-43-29-19-24(44(34,41)42)11-12-27(29)35-13-3-4-23-18-25-26(5-2-6-28(25)38(23)20-30(31,32)33)36-21-7-9-22(10-8-21)37(14-16-39)15-17-40/h2,5-6,11-12,18-19,21-22,35-36,39-40H,7-10,13-17,20H2,1H3,(H2,34,41,42)/t21-,22-. The van der Waals surface area contributed by atoms with E-state index < -0.39 is 22.7 Å². The fourth-order valence-electron chi connectivity index (χ4n) is 5.67. The summed E-state index contributed by atoms with van der Waals surface area (Å²) in [5.74, 6) is 5.95. The van der Waals surface area contributed by atoms with Gasteiger partial charge in [0.1, 0.15) is 12.3 Å². The quantitative estimate of drug-likeness (QED) is 0.191. The van der Waals surface area contributed by atoms with E-state index >= 15 is 0 Å². The molecule has 10 nitrogen and oxygen atoms in total. The maximum Gasteiger partial charge on any atom is 0.406 e. The maximum atomic E-state index is 13.6. The van der Waals surface area contributed by atoms with E-state index in [0.29, 0.717) is 29.7 Å². The number of primary sulfonamides is 1. The van der Waals surface area contributed by atoms with Crippen LogP contribution in [-0.4, -0.2) is 86.3 Å². The third kappa shape index (κ3) is 8.58. The number of sulfonamides is 1. The lowest BCUT2D eigenvalue weighted by molar-refractivity contribution is -0.140. The summed E-state index contributed by atoms with van der Waals surface area (Å²) < 4.78 is 70.5. The van der Waals surface area contributed by atoms with Crippen molar-refractivity contribution in [1.29, 1.82) is 0 Å². The van der Waals surface area contributed by atoms with Gasteiger partial charge in [-0.15, -0.1) is 0 Å². The Kier molecular flexibility index (Phi) is 11.0. The molecule has 1 aliphatic rings. The smallest absolute Gasteiger partial charge is 0.406 e. The highest BCUT2D eigenvalue weighted by atomic mass is 32.2. The van der Waals surface area contributed by atoms with Crippen LogP contribution in [0.5, 0.6) is 5.75 Å². The monoisotopic (exact) mass is 637 g/mol. The SMILES string of the molecule is COc1cc(S(N)(=O)=O)ccc1NCC#Cc1cc2c(N[C@H]3CC[C@H](N(CCO)CCO)CC3)cccc2n1CC(F)(F)F. The number of methoxy groups -OCH3 is 1. The second-order valence-corrected chi connectivity index (χ2v) is 12.2. The average Bonchev–Trinajstić information content (AvgIpc) is 3.31. The molecular weight excluding hydrogens is 599 g/mol. The molecule has 0 atom stereocenters. The van der Waals surface area contributed by atoms with Gasteiger partial charge in [0.25, 0.3) is 0 Å². The summed E-state index contributed by atoms with van der Waals surface area (Å²) in [6.07, 6.45) is -1.02. The Balaban J connectivity index is 1.53. The lowest BCUT2D eigenvalue weighted by Gasteiger charge is -2.37. The molecule has 1 aromatic heterocycles. The molecule has 3 aromatic rings. The van der Waals surface area contributed by atoms with Crippen molar-refractivity contribution in [1.82, 2.24) is 9.47 Å². The van der Waals surface area contributed by atoms with Gasteiger partial charge in [0.15, 0.2) is 0 Å². The molecule has 0 amide bonds. The minimum absolute atomic E-state index is 0.0267. The van der Waals surface area contributed by atoms with Gasteiger partial charge in [-0.25, -0.2) is 13.6 Å². The Labute approximate surface area is 255 Å². The Hall–Kier alpha value is -3.48. The van der Waals surface area contributed by atoms with Gasteiger partial charge in [-0.3, -0.25) is 4.90 Å². The molecule has 0 aliphatic heterocycles. The van der Waals surface area contributed by atoms with Crippen LogP contribution < -0.4 is 20.5 Å². The predicted octanol–water partition coefficient (Wildman–Crippen LogP) is 3.33. The van der Waals surface area contributed by atoms with Crippen LogP contribution in [0.25, 0.3) is 10.9 Å². The van der Waals surface area contributed by atoms with Crippen molar-refractivity contribution >= 4 is 32.3 Å². The topological polar surface area (TPSA) is 142 Å². The number of nitrogens with two attached hydrogens (primary N) is 1. The number of alkyl halides is 3. The van der Waals surface area contributed by atoms with Crippen molar-refractivity contribution in [2.24, 2.45) is 5.14 Å². The molecular formula is C30H38F3N5O5S. The first-order valence-corrected chi connectivity index (χ1v) is 15.8. The third-order valence-corrected chi connectivity index (χ3v) is 8.63. The van der Waals surface area contributed by atoms with Crippen molar-refractivity contribution in [3.05, 3.63) is 48.2 Å². The van der Waals surface area contributed by atoms with Crippen LogP contribution >= 0.6 is 0 Å². The fraction of sp³-hybridized carbons (Fsp3) is 0.467. The third-order valence-electron chi connectivity index (χ3n) is 7.72. The first kappa shape index (κ1) is 33.4. The number of nitrogens with one attached hydrogen (secondary N) is 2. The molecule has 6 N–H and O–H groups in total. The number of ether oxygens (including phenoxy) is 1. The molecule has 0 unspecified atom stereocenters. The lowest BCUT2D eigenvalue weighted by Crippen LogP contribution is -2.43. The van der Waals surface area contributed by atoms with Crippen LogP contribution in [0.1, 0.15) is 31.4 Å². The first-order chi connectivity index (χ1) is 20.9. The summed E-state index contributed by atoms with van der Waals surface area (Å²) in [6.45, 7) is -0.0779. The minimum atomic E-state index is -4.46. The van der Waals surface area contributed by atoms with E-state index in [2.05, 4.69) is 27.4 Å². The van der Waals surface area contributed by atoms with E-state index in [1.54, 1.807) is 18.2 Å². The maximum absolute atomic E-state index is 13.6. The number of fused-ring (bicyclic) bond motifs is 1. The van der Waals surface area contributed by atoms with E-state index in [4.69, 9.17) is 9.88 Å². The number of anilines is 2. The highest BCUT2D eigenvalue weighted by Gasteiger charge is 2.30. The van der Waals surface area contributed by atoms with Crippen molar-refractivity contribution in [2.45, 2.75) is 55.4 Å². The molecule has 4 rings (SSSR count). The molecule has 0 spiro atoms. The summed E-state index contributed by atoms with van der Waals surface area (Å²) in [6, 6.07) is 11.3. The normalized spacial score (nSPS) is 17.4. The number of benzene rings is 2. The van der Waals surface area contributed by atoms with Gasteiger partial charge in [0.05, 0.1) is 48.7 Å². The largest absolute Gasteiger partial charge is 0.495 e. The number of nitrogens with zero attached hydrogens (tertiary/aromatic N) is 2. The number of aliphatic hydroxyl groups excluding tert-OH is 2. The second kappa shape index (κ2) is 14.5. The fourth-order valence-corrected chi connectivity index (χ4v) is 6.20. The Morgan fingerprint density at radius 2 is 1.77 bits per heavy atom. The summed E-state index contributed by atoms with van der Waals surface area (Å²) in [4.78, 5) is 1.98. The van der Waals surface area contributed by atoms with Crippen LogP contribution in [0.4, 0.5) is 24.5 Å². The van der Waals surface area contributed by atoms with Gasteiger partial charge >= 0.3 is 6.18 Å². The van der Waals surface area contributed by atoms with Gasteiger partial charge in [-0.1, -0.05) is 12.0 Å². The van der Waals surface area contributed by atoms with Crippen molar-refractivity contribution < 1.29 is 36.5 Å². The van der Waals surface area contributed by atoms with Gasteiger partial charge in [-0.05, 0) is 61.9 Å². The second-order valence-electron chi connectivity index (χ2n) is 10.7. The number of hydrogen-bond donors (Lipinski definition) is 5. The summed E-state index contributed by atoms with van der Waals surface area (Å²) in [5.41, 5.74) is 1.80. The van der Waals surface area contributed by atoms with E-state index in [9.17, 15) is 31.8 Å². The number of rotatable bonds is 12. The molecule has 0 saturated heterocycles. The summed E-state index contributed by atoms with van der Waals surface area (Å²) in [5, 5.41) is 31.1. The van der Waals surface area contributed by atoms with Gasteiger partial charge in [0, 0.05) is 42.3 Å². The van der Waals surface area contributed by atoms with Crippen molar-refractivity contribution in [2.75, 3.05) is 50.6 Å². The van der Waals surface area contributed by atoms with Gasteiger partial charge < -0.3 is 30.2 Å². The first-order valence-electron chi connectivity index (χ1n) is 14.3.